The average Bonchev–Trinajstić information content (AvgIpc) is 2.74. The highest BCUT2D eigenvalue weighted by Crippen LogP contribution is 2.32. The number of hydrogen-bond donors (Lipinski definition) is 0. The zero-order valence-corrected chi connectivity index (χ0v) is 15.4. The molecule has 0 radical (unpaired) electrons. The van der Waals surface area contributed by atoms with Gasteiger partial charge in [0.15, 0.2) is 6.20 Å². The molecular weight excluding hydrogens is 377 g/mol. The van der Waals surface area contributed by atoms with E-state index in [0.29, 0.717) is 0 Å². The normalized spacial score (nSPS) is 10.8. The van der Waals surface area contributed by atoms with E-state index in [2.05, 4.69) is 96.1 Å². The van der Waals surface area contributed by atoms with Crippen molar-refractivity contribution in [3.8, 4) is 33.5 Å². The molecule has 1 nitrogen and oxygen atoms in total. The minimum absolute atomic E-state index is 1.12. The highest BCUT2D eigenvalue weighted by Gasteiger charge is 2.20. The minimum atomic E-state index is -6.00. The van der Waals surface area contributed by atoms with Gasteiger partial charge in [-0.2, -0.15) is 0 Å². The van der Waals surface area contributed by atoms with Crippen molar-refractivity contribution in [2.24, 2.45) is 0 Å². The third-order valence-corrected chi connectivity index (χ3v) is 4.21. The van der Waals surface area contributed by atoms with Crippen LogP contribution in [-0.4, -0.2) is 7.25 Å². The molecule has 4 rings (SSSR count). The molecule has 0 saturated heterocycles. The van der Waals surface area contributed by atoms with Gasteiger partial charge in [0, 0.05) is 17.2 Å². The SMILES string of the molecule is F[B-](F)(F)F.c1ccc(-c2cc(-c3ccccc3)c(-c3ccccc3)c[nH+]2)cc1. The molecule has 1 N–H and O–H groups in total. The molecule has 29 heavy (non-hydrogen) atoms. The summed E-state index contributed by atoms with van der Waals surface area (Å²) in [4.78, 5) is 3.46. The summed E-state index contributed by atoms with van der Waals surface area (Å²) in [5.41, 5.74) is 7.19. The van der Waals surface area contributed by atoms with Gasteiger partial charge in [-0.1, -0.05) is 78.9 Å². The van der Waals surface area contributed by atoms with Gasteiger partial charge in [-0.15, -0.1) is 0 Å². The number of rotatable bonds is 3. The van der Waals surface area contributed by atoms with Crippen molar-refractivity contribution in [1.82, 2.24) is 0 Å². The van der Waals surface area contributed by atoms with Crippen LogP contribution in [0.15, 0.2) is 103 Å². The minimum Gasteiger partial charge on any atom is -0.418 e. The molecule has 0 bridgehead atoms. The maximum Gasteiger partial charge on any atom is 0.673 e. The third kappa shape index (κ3) is 6.04. The van der Waals surface area contributed by atoms with Gasteiger partial charge in [0.25, 0.3) is 0 Å². The lowest BCUT2D eigenvalue weighted by molar-refractivity contribution is -0.363. The maximum atomic E-state index is 9.75. The number of aromatic nitrogens is 1. The Bertz CT molecular complexity index is 1030. The molecule has 0 fully saturated rings. The van der Waals surface area contributed by atoms with E-state index in [9.17, 15) is 17.3 Å². The first-order valence-corrected chi connectivity index (χ1v) is 9.01. The molecule has 1 aromatic heterocycles. The largest absolute Gasteiger partial charge is 0.673 e. The highest BCUT2D eigenvalue weighted by molar-refractivity contribution is 6.50. The number of H-pyrrole nitrogens is 1. The number of halogens is 4. The monoisotopic (exact) mass is 395 g/mol. The number of aromatic amines is 1. The van der Waals surface area contributed by atoms with Crippen LogP contribution in [0.25, 0.3) is 33.5 Å². The number of benzene rings is 3. The molecule has 0 aliphatic rings. The smallest absolute Gasteiger partial charge is 0.418 e. The van der Waals surface area contributed by atoms with Gasteiger partial charge in [0.1, 0.15) is 0 Å². The summed E-state index contributed by atoms with van der Waals surface area (Å²) < 4.78 is 39.0. The van der Waals surface area contributed by atoms with Crippen LogP contribution in [0.3, 0.4) is 0 Å². The summed E-state index contributed by atoms with van der Waals surface area (Å²) in [6.45, 7) is 0. The van der Waals surface area contributed by atoms with Crippen LogP contribution in [0.1, 0.15) is 0 Å². The van der Waals surface area contributed by atoms with Gasteiger partial charge in [-0.3, -0.25) is 0 Å². The van der Waals surface area contributed by atoms with Gasteiger partial charge in [-0.05, 0) is 23.3 Å². The number of nitrogens with one attached hydrogen (secondary N) is 1. The molecule has 0 atom stereocenters. The van der Waals surface area contributed by atoms with Crippen molar-refractivity contribution >= 4 is 7.25 Å². The topological polar surface area (TPSA) is 14.1 Å². The predicted octanol–water partition coefficient (Wildman–Crippen LogP) is 6.80. The zero-order chi connectivity index (χ0) is 20.7. The van der Waals surface area contributed by atoms with Gasteiger partial charge < -0.3 is 17.3 Å². The van der Waals surface area contributed by atoms with Gasteiger partial charge in [0.2, 0.25) is 5.69 Å². The van der Waals surface area contributed by atoms with Crippen molar-refractivity contribution in [2.75, 3.05) is 0 Å². The van der Waals surface area contributed by atoms with Crippen molar-refractivity contribution in [1.29, 1.82) is 0 Å². The van der Waals surface area contributed by atoms with E-state index in [0.717, 1.165) is 5.69 Å². The van der Waals surface area contributed by atoms with Crippen LogP contribution in [0.2, 0.25) is 0 Å². The molecule has 146 valence electrons. The quantitative estimate of drug-likeness (QED) is 0.268. The molecule has 3 aromatic carbocycles. The van der Waals surface area contributed by atoms with E-state index in [1.807, 2.05) is 12.1 Å². The number of hydrogen-bond acceptors (Lipinski definition) is 0. The standard InChI is InChI=1S/C23H17N.BF4/c1-4-10-18(11-5-1)21-16-23(20-14-8-3-9-15-20)24-17-22(21)19-12-6-2-7-13-19;2-1(3,4)5/h1-17H;/q;-1/p+1. The second-order valence-electron chi connectivity index (χ2n) is 6.27. The molecule has 4 aromatic rings. The lowest BCUT2D eigenvalue weighted by Gasteiger charge is -2.09. The third-order valence-electron chi connectivity index (χ3n) is 4.21. The van der Waals surface area contributed by atoms with E-state index in [1.165, 1.54) is 27.8 Å². The lowest BCUT2D eigenvalue weighted by Crippen LogP contribution is -2.07. The van der Waals surface area contributed by atoms with Gasteiger partial charge >= 0.3 is 7.25 Å². The van der Waals surface area contributed by atoms with Crippen LogP contribution < -0.4 is 4.98 Å². The molecule has 0 aliphatic carbocycles. The van der Waals surface area contributed by atoms with E-state index < -0.39 is 7.25 Å². The summed E-state index contributed by atoms with van der Waals surface area (Å²) in [6.07, 6.45) is 2.11. The Morgan fingerprint density at radius 2 is 0.897 bits per heavy atom. The van der Waals surface area contributed by atoms with Crippen molar-refractivity contribution < 1.29 is 22.2 Å². The molecule has 1 heterocycles. The van der Waals surface area contributed by atoms with Crippen LogP contribution in [-0.2, 0) is 0 Å². The molecule has 0 aliphatic heterocycles. The summed E-state index contributed by atoms with van der Waals surface area (Å²) in [6, 6.07) is 33.7. The Labute approximate surface area is 166 Å². The molecule has 0 saturated carbocycles. The Hall–Kier alpha value is -3.41. The number of pyridine rings is 1. The van der Waals surface area contributed by atoms with Gasteiger partial charge in [0.05, 0.1) is 5.56 Å². The molecular formula is C23H18BF4N. The summed E-state index contributed by atoms with van der Waals surface area (Å²) in [7, 11) is -6.00. The van der Waals surface area contributed by atoms with Gasteiger partial charge in [-0.25, -0.2) is 4.98 Å². The molecule has 6 heteroatoms. The highest BCUT2D eigenvalue weighted by atomic mass is 19.5. The van der Waals surface area contributed by atoms with E-state index >= 15 is 0 Å². The Morgan fingerprint density at radius 3 is 1.34 bits per heavy atom. The predicted molar refractivity (Wildman–Crippen MR) is 109 cm³/mol. The second kappa shape index (κ2) is 9.19. The fraction of sp³-hybridized carbons (Fsp3) is 0. The van der Waals surface area contributed by atoms with E-state index in [-0.39, 0.29) is 0 Å². The summed E-state index contributed by atoms with van der Waals surface area (Å²) in [5, 5.41) is 0. The van der Waals surface area contributed by atoms with Crippen LogP contribution >= 0.6 is 0 Å². The molecule has 0 spiro atoms. The average molecular weight is 395 g/mol. The van der Waals surface area contributed by atoms with Crippen LogP contribution in [0.4, 0.5) is 17.3 Å². The van der Waals surface area contributed by atoms with Crippen LogP contribution in [0, 0.1) is 0 Å². The van der Waals surface area contributed by atoms with Crippen molar-refractivity contribution in [2.45, 2.75) is 0 Å². The van der Waals surface area contributed by atoms with Crippen molar-refractivity contribution in [3.05, 3.63) is 103 Å². The molecule has 0 amide bonds. The second-order valence-corrected chi connectivity index (χ2v) is 6.27. The first-order valence-electron chi connectivity index (χ1n) is 9.01. The van der Waals surface area contributed by atoms with E-state index in [4.69, 9.17) is 0 Å². The lowest BCUT2D eigenvalue weighted by atomic mass is 9.95. The Kier molecular flexibility index (Phi) is 6.44. The maximum absolute atomic E-state index is 9.75. The molecule has 0 unspecified atom stereocenters. The van der Waals surface area contributed by atoms with E-state index in [1.54, 1.807) is 0 Å². The van der Waals surface area contributed by atoms with Crippen molar-refractivity contribution in [3.63, 3.8) is 0 Å². The first-order chi connectivity index (χ1) is 13.9. The first kappa shape index (κ1) is 20.3. The zero-order valence-electron chi connectivity index (χ0n) is 15.4. The fourth-order valence-corrected chi connectivity index (χ4v) is 2.99. The summed E-state index contributed by atoms with van der Waals surface area (Å²) >= 11 is 0. The fourth-order valence-electron chi connectivity index (χ4n) is 2.99. The Balaban J connectivity index is 0.000000431. The summed E-state index contributed by atoms with van der Waals surface area (Å²) in [5.74, 6) is 0. The van der Waals surface area contributed by atoms with Crippen LogP contribution in [0.5, 0.6) is 0 Å². The Morgan fingerprint density at radius 1 is 0.517 bits per heavy atom.